The maximum atomic E-state index is 12.4. The van der Waals surface area contributed by atoms with Crippen molar-refractivity contribution < 1.29 is 9.53 Å². The van der Waals surface area contributed by atoms with Gasteiger partial charge in [-0.25, -0.2) is 0 Å². The maximum absolute atomic E-state index is 12.4. The van der Waals surface area contributed by atoms with E-state index in [1.54, 1.807) is 6.20 Å². The fourth-order valence-corrected chi connectivity index (χ4v) is 3.15. The van der Waals surface area contributed by atoms with E-state index in [1.807, 2.05) is 10.9 Å². The van der Waals surface area contributed by atoms with Gasteiger partial charge in [-0.2, -0.15) is 5.10 Å². The predicted octanol–water partition coefficient (Wildman–Crippen LogP) is 2.43. The van der Waals surface area contributed by atoms with E-state index in [2.05, 4.69) is 12.0 Å². The standard InChI is InChI=1S/C14H20N2O2/c1-2-5-16-9-11(8-15-16)14(17)10-6-12-3-4-13(7-10)18-12/h8-10,12-13H,2-7H2,1H3. The van der Waals surface area contributed by atoms with E-state index in [9.17, 15) is 4.79 Å². The first-order valence-electron chi connectivity index (χ1n) is 6.98. The van der Waals surface area contributed by atoms with Gasteiger partial charge in [-0.15, -0.1) is 0 Å². The average Bonchev–Trinajstić information content (AvgIpc) is 2.96. The van der Waals surface area contributed by atoms with Crippen LogP contribution in [0.15, 0.2) is 12.4 Å². The Morgan fingerprint density at radius 3 is 2.83 bits per heavy atom. The molecule has 18 heavy (non-hydrogen) atoms. The van der Waals surface area contributed by atoms with Crippen LogP contribution in [0.4, 0.5) is 0 Å². The summed E-state index contributed by atoms with van der Waals surface area (Å²) >= 11 is 0. The van der Waals surface area contributed by atoms with Crippen LogP contribution in [-0.2, 0) is 11.3 Å². The maximum Gasteiger partial charge on any atom is 0.169 e. The molecule has 2 atom stereocenters. The summed E-state index contributed by atoms with van der Waals surface area (Å²) in [6, 6.07) is 0. The van der Waals surface area contributed by atoms with Gasteiger partial charge < -0.3 is 4.74 Å². The van der Waals surface area contributed by atoms with Crippen molar-refractivity contribution in [1.29, 1.82) is 0 Å². The smallest absolute Gasteiger partial charge is 0.169 e. The summed E-state index contributed by atoms with van der Waals surface area (Å²) in [7, 11) is 0. The zero-order chi connectivity index (χ0) is 12.5. The zero-order valence-electron chi connectivity index (χ0n) is 10.8. The number of aromatic nitrogens is 2. The topological polar surface area (TPSA) is 44.1 Å². The SMILES string of the molecule is CCCn1cc(C(=O)C2CC3CCC(C2)O3)cn1. The number of rotatable bonds is 4. The number of carbonyl (C=O) groups is 1. The van der Waals surface area contributed by atoms with Crippen molar-refractivity contribution in [2.75, 3.05) is 0 Å². The molecule has 0 spiro atoms. The van der Waals surface area contributed by atoms with Crippen molar-refractivity contribution in [2.24, 2.45) is 5.92 Å². The minimum atomic E-state index is 0.149. The highest BCUT2D eigenvalue weighted by Gasteiger charge is 2.38. The number of aryl methyl sites for hydroxylation is 1. The first-order chi connectivity index (χ1) is 8.76. The Labute approximate surface area is 107 Å². The summed E-state index contributed by atoms with van der Waals surface area (Å²) in [5.74, 6) is 0.410. The third-order valence-electron chi connectivity index (χ3n) is 4.03. The molecule has 2 saturated heterocycles. The van der Waals surface area contributed by atoms with Gasteiger partial charge in [0.05, 0.1) is 24.0 Å². The van der Waals surface area contributed by atoms with Crippen molar-refractivity contribution in [3.8, 4) is 0 Å². The predicted molar refractivity (Wildman–Crippen MR) is 67.5 cm³/mol. The molecule has 2 bridgehead atoms. The summed E-state index contributed by atoms with van der Waals surface area (Å²) < 4.78 is 7.65. The van der Waals surface area contributed by atoms with Crippen molar-refractivity contribution in [2.45, 2.75) is 57.8 Å². The highest BCUT2D eigenvalue weighted by Crippen LogP contribution is 2.37. The van der Waals surface area contributed by atoms with Crippen LogP contribution in [0.1, 0.15) is 49.4 Å². The molecule has 4 nitrogen and oxygen atoms in total. The minimum Gasteiger partial charge on any atom is -0.375 e. The first kappa shape index (κ1) is 11.9. The second kappa shape index (κ2) is 4.84. The quantitative estimate of drug-likeness (QED) is 0.769. The molecule has 1 aromatic heterocycles. The van der Waals surface area contributed by atoms with Crippen LogP contribution in [0.2, 0.25) is 0 Å². The molecule has 0 amide bonds. The van der Waals surface area contributed by atoms with Crippen molar-refractivity contribution >= 4 is 5.78 Å². The molecule has 0 aromatic carbocycles. The number of fused-ring (bicyclic) bond motifs is 2. The second-order valence-corrected chi connectivity index (χ2v) is 5.48. The molecular weight excluding hydrogens is 228 g/mol. The molecule has 3 heterocycles. The lowest BCUT2D eigenvalue weighted by Gasteiger charge is -2.26. The van der Waals surface area contributed by atoms with Gasteiger partial charge >= 0.3 is 0 Å². The molecule has 2 fully saturated rings. The number of ether oxygens (including phenoxy) is 1. The van der Waals surface area contributed by atoms with Gasteiger partial charge in [0, 0.05) is 18.7 Å². The number of hydrogen-bond donors (Lipinski definition) is 0. The third kappa shape index (κ3) is 2.21. The lowest BCUT2D eigenvalue weighted by molar-refractivity contribution is -0.0149. The van der Waals surface area contributed by atoms with Crippen LogP contribution >= 0.6 is 0 Å². The number of nitrogens with zero attached hydrogens (tertiary/aromatic N) is 2. The molecule has 2 aliphatic heterocycles. The van der Waals surface area contributed by atoms with Crippen molar-refractivity contribution in [3.63, 3.8) is 0 Å². The number of ketones is 1. The normalized spacial score (nSPS) is 30.6. The van der Waals surface area contributed by atoms with Crippen LogP contribution in [0, 0.1) is 5.92 Å². The molecule has 2 aliphatic rings. The van der Waals surface area contributed by atoms with Gasteiger partial charge in [-0.3, -0.25) is 9.48 Å². The molecule has 0 aliphatic carbocycles. The molecule has 1 aromatic rings. The molecule has 0 radical (unpaired) electrons. The average molecular weight is 248 g/mol. The first-order valence-corrected chi connectivity index (χ1v) is 6.98. The molecule has 2 unspecified atom stereocenters. The lowest BCUT2D eigenvalue weighted by atomic mass is 9.89. The van der Waals surface area contributed by atoms with E-state index >= 15 is 0 Å². The van der Waals surface area contributed by atoms with E-state index < -0.39 is 0 Å². The van der Waals surface area contributed by atoms with Crippen molar-refractivity contribution in [1.82, 2.24) is 9.78 Å². The van der Waals surface area contributed by atoms with Crippen LogP contribution < -0.4 is 0 Å². The van der Waals surface area contributed by atoms with Gasteiger partial charge in [-0.05, 0) is 32.1 Å². The molecule has 98 valence electrons. The molecular formula is C14H20N2O2. The summed E-state index contributed by atoms with van der Waals surface area (Å²) in [6.07, 6.45) is 9.34. The van der Waals surface area contributed by atoms with Gasteiger partial charge in [-0.1, -0.05) is 6.92 Å². The largest absolute Gasteiger partial charge is 0.375 e. The van der Waals surface area contributed by atoms with Gasteiger partial charge in [0.1, 0.15) is 0 Å². The molecule has 0 saturated carbocycles. The number of hydrogen-bond acceptors (Lipinski definition) is 3. The Hall–Kier alpha value is -1.16. The Balaban J connectivity index is 1.69. The van der Waals surface area contributed by atoms with Gasteiger partial charge in [0.25, 0.3) is 0 Å². The zero-order valence-corrected chi connectivity index (χ0v) is 10.8. The fraction of sp³-hybridized carbons (Fsp3) is 0.714. The summed E-state index contributed by atoms with van der Waals surface area (Å²) in [5, 5.41) is 4.24. The highest BCUT2D eigenvalue weighted by atomic mass is 16.5. The minimum absolute atomic E-state index is 0.149. The van der Waals surface area contributed by atoms with Crippen LogP contribution in [0.3, 0.4) is 0 Å². The number of Topliss-reactive ketones (excluding diaryl/α,β-unsaturated/α-hetero) is 1. The van der Waals surface area contributed by atoms with Crippen LogP contribution in [-0.4, -0.2) is 27.8 Å². The van der Waals surface area contributed by atoms with Crippen LogP contribution in [0.25, 0.3) is 0 Å². The monoisotopic (exact) mass is 248 g/mol. The van der Waals surface area contributed by atoms with E-state index in [-0.39, 0.29) is 11.7 Å². The summed E-state index contributed by atoms with van der Waals surface area (Å²) in [6.45, 7) is 2.99. The number of carbonyl (C=O) groups excluding carboxylic acids is 1. The summed E-state index contributed by atoms with van der Waals surface area (Å²) in [5.41, 5.74) is 0.773. The Bertz CT molecular complexity index is 429. The molecule has 3 rings (SSSR count). The molecule has 4 heteroatoms. The summed E-state index contributed by atoms with van der Waals surface area (Å²) in [4.78, 5) is 12.4. The van der Waals surface area contributed by atoms with E-state index in [0.29, 0.717) is 12.2 Å². The third-order valence-corrected chi connectivity index (χ3v) is 4.03. The van der Waals surface area contributed by atoms with Crippen LogP contribution in [0.5, 0.6) is 0 Å². The highest BCUT2D eigenvalue weighted by molar-refractivity contribution is 5.97. The van der Waals surface area contributed by atoms with E-state index in [1.165, 1.54) is 0 Å². The lowest BCUT2D eigenvalue weighted by Crippen LogP contribution is -2.29. The van der Waals surface area contributed by atoms with Gasteiger partial charge in [0.15, 0.2) is 5.78 Å². The van der Waals surface area contributed by atoms with Gasteiger partial charge in [0.2, 0.25) is 0 Å². The van der Waals surface area contributed by atoms with Crippen molar-refractivity contribution in [3.05, 3.63) is 18.0 Å². The Morgan fingerprint density at radius 1 is 1.44 bits per heavy atom. The Morgan fingerprint density at radius 2 is 2.17 bits per heavy atom. The Kier molecular flexibility index (Phi) is 3.20. The fourth-order valence-electron chi connectivity index (χ4n) is 3.15. The van der Waals surface area contributed by atoms with E-state index in [4.69, 9.17) is 4.74 Å². The van der Waals surface area contributed by atoms with E-state index in [0.717, 1.165) is 44.2 Å². The molecule has 0 N–H and O–H groups in total. The second-order valence-electron chi connectivity index (χ2n) is 5.48.